The standard InChI is InChI=1S/C18H25N5O3/c1-12-9-14(15-10-19-21(3)17(15)20-12)18(25)23-8-7-22(13(2)11-23)6-5-16(24)26-4/h9-10,13H,5-8,11H2,1-4H3. The molecule has 1 fully saturated rings. The van der Waals surface area contributed by atoms with Gasteiger partial charge in [-0.2, -0.15) is 5.10 Å². The molecule has 1 saturated heterocycles. The second-order valence-electron chi connectivity index (χ2n) is 6.78. The van der Waals surface area contributed by atoms with E-state index in [1.54, 1.807) is 10.9 Å². The second-order valence-corrected chi connectivity index (χ2v) is 6.78. The zero-order valence-corrected chi connectivity index (χ0v) is 15.7. The Kier molecular flexibility index (Phi) is 5.22. The Hall–Kier alpha value is -2.48. The molecule has 8 heteroatoms. The molecule has 1 aliphatic rings. The molecule has 2 aromatic heterocycles. The number of rotatable bonds is 4. The third-order valence-electron chi connectivity index (χ3n) is 4.95. The third kappa shape index (κ3) is 3.55. The monoisotopic (exact) mass is 359 g/mol. The third-order valence-corrected chi connectivity index (χ3v) is 4.95. The van der Waals surface area contributed by atoms with Crippen molar-refractivity contribution in [2.24, 2.45) is 7.05 Å². The topological polar surface area (TPSA) is 80.6 Å². The number of fused-ring (bicyclic) bond motifs is 1. The van der Waals surface area contributed by atoms with E-state index in [0.29, 0.717) is 31.6 Å². The molecule has 1 aliphatic heterocycles. The lowest BCUT2D eigenvalue weighted by molar-refractivity contribution is -0.141. The van der Waals surface area contributed by atoms with Gasteiger partial charge >= 0.3 is 5.97 Å². The van der Waals surface area contributed by atoms with Crippen LogP contribution in [-0.4, -0.2) is 75.8 Å². The highest BCUT2D eigenvalue weighted by Gasteiger charge is 2.29. The maximum atomic E-state index is 13.1. The molecule has 1 amide bonds. The van der Waals surface area contributed by atoms with Crippen LogP contribution in [0.15, 0.2) is 12.3 Å². The Morgan fingerprint density at radius 2 is 2.12 bits per heavy atom. The minimum atomic E-state index is -0.207. The van der Waals surface area contributed by atoms with E-state index in [1.165, 1.54) is 7.11 Å². The van der Waals surface area contributed by atoms with Gasteiger partial charge in [0.15, 0.2) is 5.65 Å². The molecule has 0 aromatic carbocycles. The molecule has 1 unspecified atom stereocenters. The van der Waals surface area contributed by atoms with Crippen molar-refractivity contribution in [1.82, 2.24) is 24.6 Å². The van der Waals surface area contributed by atoms with E-state index >= 15 is 0 Å². The first kappa shape index (κ1) is 18.3. The number of aryl methyl sites for hydroxylation is 2. The van der Waals surface area contributed by atoms with Gasteiger partial charge in [0.25, 0.3) is 5.91 Å². The minimum Gasteiger partial charge on any atom is -0.469 e. The van der Waals surface area contributed by atoms with Gasteiger partial charge in [0.05, 0.1) is 30.7 Å². The van der Waals surface area contributed by atoms with Gasteiger partial charge in [0.2, 0.25) is 0 Å². The molecule has 0 spiro atoms. The summed E-state index contributed by atoms with van der Waals surface area (Å²) in [7, 11) is 3.23. The molecular formula is C18H25N5O3. The van der Waals surface area contributed by atoms with Crippen molar-refractivity contribution < 1.29 is 14.3 Å². The highest BCUT2D eigenvalue weighted by atomic mass is 16.5. The van der Waals surface area contributed by atoms with E-state index in [-0.39, 0.29) is 17.9 Å². The van der Waals surface area contributed by atoms with Crippen LogP contribution in [0.5, 0.6) is 0 Å². The average Bonchev–Trinajstić information content (AvgIpc) is 3.00. The van der Waals surface area contributed by atoms with Gasteiger partial charge in [-0.25, -0.2) is 4.98 Å². The lowest BCUT2D eigenvalue weighted by Gasteiger charge is -2.39. The van der Waals surface area contributed by atoms with Gasteiger partial charge in [-0.05, 0) is 19.9 Å². The molecule has 0 saturated carbocycles. The number of methoxy groups -OCH3 is 1. The van der Waals surface area contributed by atoms with Crippen molar-refractivity contribution in [2.45, 2.75) is 26.3 Å². The van der Waals surface area contributed by atoms with Crippen LogP contribution in [0.1, 0.15) is 29.4 Å². The van der Waals surface area contributed by atoms with Gasteiger partial charge in [-0.3, -0.25) is 19.2 Å². The molecule has 2 aromatic rings. The Morgan fingerprint density at radius 1 is 1.35 bits per heavy atom. The Balaban J connectivity index is 1.73. The summed E-state index contributed by atoms with van der Waals surface area (Å²) in [4.78, 5) is 33.0. The number of esters is 1. The van der Waals surface area contributed by atoms with Crippen LogP contribution >= 0.6 is 0 Å². The number of amides is 1. The van der Waals surface area contributed by atoms with E-state index in [9.17, 15) is 9.59 Å². The zero-order valence-electron chi connectivity index (χ0n) is 15.7. The molecule has 0 aliphatic carbocycles. The predicted molar refractivity (Wildman–Crippen MR) is 96.8 cm³/mol. The summed E-state index contributed by atoms with van der Waals surface area (Å²) in [5.41, 5.74) is 2.17. The number of ether oxygens (including phenoxy) is 1. The number of nitrogens with zero attached hydrogens (tertiary/aromatic N) is 5. The summed E-state index contributed by atoms with van der Waals surface area (Å²) in [6.07, 6.45) is 2.07. The second kappa shape index (κ2) is 7.41. The normalized spacial score (nSPS) is 18.3. The van der Waals surface area contributed by atoms with Crippen molar-refractivity contribution in [2.75, 3.05) is 33.3 Å². The van der Waals surface area contributed by atoms with Crippen molar-refractivity contribution >= 4 is 22.9 Å². The Bertz CT molecular complexity index is 832. The number of pyridine rings is 1. The maximum absolute atomic E-state index is 13.1. The van der Waals surface area contributed by atoms with Crippen molar-refractivity contribution in [3.8, 4) is 0 Å². The fraction of sp³-hybridized carbons (Fsp3) is 0.556. The fourth-order valence-electron chi connectivity index (χ4n) is 3.44. The van der Waals surface area contributed by atoms with Crippen LogP contribution < -0.4 is 0 Å². The lowest BCUT2D eigenvalue weighted by atomic mass is 10.1. The SMILES string of the molecule is COC(=O)CCN1CCN(C(=O)c2cc(C)nc3c2cnn3C)CC1C. The number of carbonyl (C=O) groups is 2. The van der Waals surface area contributed by atoms with Crippen LogP contribution in [0, 0.1) is 6.92 Å². The summed E-state index contributed by atoms with van der Waals surface area (Å²) >= 11 is 0. The number of aromatic nitrogens is 3. The molecule has 0 radical (unpaired) electrons. The Labute approximate surface area is 152 Å². The van der Waals surface area contributed by atoms with E-state index in [1.807, 2.05) is 24.9 Å². The molecule has 1 atom stereocenters. The summed E-state index contributed by atoms with van der Waals surface area (Å²) in [6.45, 7) is 6.61. The predicted octanol–water partition coefficient (Wildman–Crippen LogP) is 0.986. The largest absolute Gasteiger partial charge is 0.469 e. The molecule has 3 heterocycles. The smallest absolute Gasteiger partial charge is 0.306 e. The van der Waals surface area contributed by atoms with E-state index in [2.05, 4.69) is 21.9 Å². The van der Waals surface area contributed by atoms with Crippen LogP contribution in [0.4, 0.5) is 0 Å². The van der Waals surface area contributed by atoms with Crippen LogP contribution in [-0.2, 0) is 16.6 Å². The number of hydrogen-bond acceptors (Lipinski definition) is 6. The van der Waals surface area contributed by atoms with Gasteiger partial charge in [0.1, 0.15) is 0 Å². The molecule has 0 N–H and O–H groups in total. The van der Waals surface area contributed by atoms with Gasteiger partial charge in [-0.15, -0.1) is 0 Å². The Morgan fingerprint density at radius 3 is 2.81 bits per heavy atom. The number of piperazine rings is 1. The maximum Gasteiger partial charge on any atom is 0.306 e. The lowest BCUT2D eigenvalue weighted by Crippen LogP contribution is -2.54. The van der Waals surface area contributed by atoms with E-state index in [4.69, 9.17) is 4.74 Å². The summed E-state index contributed by atoms with van der Waals surface area (Å²) in [5, 5.41) is 5.01. The van der Waals surface area contributed by atoms with Gasteiger partial charge in [0, 0.05) is 45.0 Å². The first-order valence-corrected chi connectivity index (χ1v) is 8.80. The first-order chi connectivity index (χ1) is 12.4. The number of carbonyl (C=O) groups excluding carboxylic acids is 2. The summed E-state index contributed by atoms with van der Waals surface area (Å²) < 4.78 is 6.39. The molecule has 3 rings (SSSR count). The summed E-state index contributed by atoms with van der Waals surface area (Å²) in [6, 6.07) is 2.02. The van der Waals surface area contributed by atoms with Gasteiger partial charge < -0.3 is 9.64 Å². The van der Waals surface area contributed by atoms with Crippen LogP contribution in [0.25, 0.3) is 11.0 Å². The number of hydrogen-bond donors (Lipinski definition) is 0. The molecule has 26 heavy (non-hydrogen) atoms. The van der Waals surface area contributed by atoms with Crippen LogP contribution in [0.2, 0.25) is 0 Å². The molecule has 8 nitrogen and oxygen atoms in total. The fourth-order valence-corrected chi connectivity index (χ4v) is 3.44. The van der Waals surface area contributed by atoms with Crippen molar-refractivity contribution in [1.29, 1.82) is 0 Å². The zero-order chi connectivity index (χ0) is 18.8. The molecular weight excluding hydrogens is 334 g/mol. The van der Waals surface area contributed by atoms with E-state index < -0.39 is 0 Å². The highest BCUT2D eigenvalue weighted by Crippen LogP contribution is 2.21. The molecule has 140 valence electrons. The van der Waals surface area contributed by atoms with Gasteiger partial charge in [-0.1, -0.05) is 0 Å². The average molecular weight is 359 g/mol. The van der Waals surface area contributed by atoms with Crippen molar-refractivity contribution in [3.05, 3.63) is 23.5 Å². The first-order valence-electron chi connectivity index (χ1n) is 8.80. The quantitative estimate of drug-likeness (QED) is 0.757. The van der Waals surface area contributed by atoms with E-state index in [0.717, 1.165) is 23.3 Å². The highest BCUT2D eigenvalue weighted by molar-refractivity contribution is 6.05. The van der Waals surface area contributed by atoms with Crippen molar-refractivity contribution in [3.63, 3.8) is 0 Å². The minimum absolute atomic E-state index is 0.00738. The summed E-state index contributed by atoms with van der Waals surface area (Å²) in [5.74, 6) is -0.199. The molecule has 0 bridgehead atoms. The van der Waals surface area contributed by atoms with Crippen LogP contribution in [0.3, 0.4) is 0 Å².